The Hall–Kier alpha value is -0.0831. The number of hydrogen-bond acceptors (Lipinski definition) is 1. The third-order valence-electron chi connectivity index (χ3n) is 0.499. The Morgan fingerprint density at radius 2 is 2.33 bits per heavy atom. The average molecular weight is 102 g/mol. The van der Waals surface area contributed by atoms with Gasteiger partial charge in [-0.1, -0.05) is 11.8 Å². The molecule has 0 bridgehead atoms. The van der Waals surface area contributed by atoms with Gasteiger partial charge in [0.2, 0.25) is 0 Å². The van der Waals surface area contributed by atoms with Crippen LogP contribution >= 0.6 is 0 Å². The monoisotopic (exact) mass is 102 g/mol. The lowest BCUT2D eigenvalue weighted by Crippen LogP contribution is -1.84. The zero-order valence-corrected chi connectivity index (χ0v) is 5.68. The summed E-state index contributed by atoms with van der Waals surface area (Å²) >= 11 is 0. The second-order valence-electron chi connectivity index (χ2n) is 1.02. The summed E-state index contributed by atoms with van der Waals surface area (Å²) in [6, 6.07) is 0. The van der Waals surface area contributed by atoms with E-state index >= 15 is 0 Å². The lowest BCUT2D eigenvalue weighted by atomic mass is 10.8. The third-order valence-corrected chi connectivity index (χ3v) is 1.50. The van der Waals surface area contributed by atoms with Crippen molar-refractivity contribution < 1.29 is 4.43 Å². The Morgan fingerprint density at radius 3 is 2.50 bits per heavy atom. The molecule has 0 rings (SSSR count). The standard InChI is InChI=1S/C4H10OSi/c1-3-4-6-5-2/h3-4H,6H2,1-2H3. The van der Waals surface area contributed by atoms with Crippen LogP contribution in [0.15, 0.2) is 11.8 Å². The van der Waals surface area contributed by atoms with Gasteiger partial charge in [-0.05, 0) is 6.92 Å². The van der Waals surface area contributed by atoms with E-state index in [1.165, 1.54) is 0 Å². The molecule has 0 aromatic carbocycles. The van der Waals surface area contributed by atoms with Crippen molar-refractivity contribution >= 4 is 9.76 Å². The van der Waals surface area contributed by atoms with Crippen LogP contribution in [0.3, 0.4) is 0 Å². The summed E-state index contributed by atoms with van der Waals surface area (Å²) in [6.07, 6.45) is 2.02. The van der Waals surface area contributed by atoms with Crippen LogP contribution in [0.5, 0.6) is 0 Å². The molecule has 0 aromatic heterocycles. The summed E-state index contributed by atoms with van der Waals surface area (Å²) in [5.74, 6) is 0. The summed E-state index contributed by atoms with van der Waals surface area (Å²) in [5.41, 5.74) is 2.10. The van der Waals surface area contributed by atoms with Crippen LogP contribution in [0.1, 0.15) is 6.92 Å². The summed E-state index contributed by atoms with van der Waals surface area (Å²) in [6.45, 7) is 2.01. The van der Waals surface area contributed by atoms with Gasteiger partial charge in [0.25, 0.3) is 0 Å². The molecule has 0 unspecified atom stereocenters. The molecular formula is C4H10OSi. The minimum Gasteiger partial charge on any atom is -0.422 e. The number of hydrogen-bond donors (Lipinski definition) is 0. The summed E-state index contributed by atoms with van der Waals surface area (Å²) < 4.78 is 4.83. The predicted molar refractivity (Wildman–Crippen MR) is 30.4 cm³/mol. The molecule has 0 spiro atoms. The van der Waals surface area contributed by atoms with E-state index in [-0.39, 0.29) is 9.76 Å². The van der Waals surface area contributed by atoms with Crippen molar-refractivity contribution in [2.75, 3.05) is 7.11 Å². The zero-order chi connectivity index (χ0) is 4.83. The van der Waals surface area contributed by atoms with E-state index in [2.05, 4.69) is 5.70 Å². The zero-order valence-electron chi connectivity index (χ0n) is 4.27. The predicted octanol–water partition coefficient (Wildman–Crippen LogP) is 0.250. The van der Waals surface area contributed by atoms with Gasteiger partial charge in [-0.25, -0.2) is 0 Å². The maximum Gasteiger partial charge on any atom is 0.184 e. The van der Waals surface area contributed by atoms with Crippen LogP contribution in [0, 0.1) is 0 Å². The molecule has 0 aromatic rings. The van der Waals surface area contributed by atoms with E-state index < -0.39 is 0 Å². The van der Waals surface area contributed by atoms with Gasteiger partial charge in [0.15, 0.2) is 9.76 Å². The first-order valence-electron chi connectivity index (χ1n) is 2.02. The molecule has 2 heteroatoms. The highest BCUT2D eigenvalue weighted by Gasteiger charge is 1.65. The molecule has 0 aliphatic heterocycles. The summed E-state index contributed by atoms with van der Waals surface area (Å²) in [4.78, 5) is 0. The van der Waals surface area contributed by atoms with Crippen molar-refractivity contribution in [3.8, 4) is 0 Å². The molecule has 0 heterocycles. The Labute approximate surface area is 41.0 Å². The second-order valence-corrected chi connectivity index (χ2v) is 2.41. The average Bonchev–Trinajstić information content (AvgIpc) is 1.61. The molecule has 0 aliphatic carbocycles. The number of allylic oxidation sites excluding steroid dienone is 1. The van der Waals surface area contributed by atoms with E-state index in [0.29, 0.717) is 0 Å². The van der Waals surface area contributed by atoms with Gasteiger partial charge in [0.05, 0.1) is 0 Å². The van der Waals surface area contributed by atoms with Gasteiger partial charge in [0.1, 0.15) is 0 Å². The lowest BCUT2D eigenvalue weighted by Gasteiger charge is -1.80. The SMILES string of the molecule is CC=C[SiH2]OC. The molecule has 0 N–H and O–H groups in total. The molecule has 0 saturated carbocycles. The molecule has 0 atom stereocenters. The Bertz CT molecular complexity index is 42.8. The second kappa shape index (κ2) is 4.92. The fourth-order valence-electron chi connectivity index (χ4n) is 0.192. The van der Waals surface area contributed by atoms with E-state index in [0.717, 1.165) is 0 Å². The van der Waals surface area contributed by atoms with Crippen molar-refractivity contribution in [1.29, 1.82) is 0 Å². The van der Waals surface area contributed by atoms with Crippen LogP contribution < -0.4 is 0 Å². The van der Waals surface area contributed by atoms with Crippen molar-refractivity contribution in [2.45, 2.75) is 6.92 Å². The van der Waals surface area contributed by atoms with Gasteiger partial charge < -0.3 is 4.43 Å². The molecule has 6 heavy (non-hydrogen) atoms. The first kappa shape index (κ1) is 5.92. The van der Waals surface area contributed by atoms with Gasteiger partial charge in [-0.2, -0.15) is 0 Å². The van der Waals surface area contributed by atoms with Crippen LogP contribution in [0.25, 0.3) is 0 Å². The number of rotatable bonds is 2. The molecule has 0 saturated heterocycles. The van der Waals surface area contributed by atoms with Crippen LogP contribution in [-0.4, -0.2) is 16.9 Å². The van der Waals surface area contributed by atoms with Crippen LogP contribution in [0.4, 0.5) is 0 Å². The highest BCUT2D eigenvalue weighted by Crippen LogP contribution is 1.64. The van der Waals surface area contributed by atoms with Crippen molar-refractivity contribution in [2.24, 2.45) is 0 Å². The highest BCUT2D eigenvalue weighted by atomic mass is 28.2. The minimum absolute atomic E-state index is 0.259. The Kier molecular flexibility index (Phi) is 4.85. The van der Waals surface area contributed by atoms with Crippen LogP contribution in [-0.2, 0) is 4.43 Å². The fraction of sp³-hybridized carbons (Fsp3) is 0.500. The van der Waals surface area contributed by atoms with Gasteiger partial charge in [0, 0.05) is 7.11 Å². The first-order chi connectivity index (χ1) is 2.91. The van der Waals surface area contributed by atoms with E-state index in [1.54, 1.807) is 7.11 Å². The highest BCUT2D eigenvalue weighted by molar-refractivity contribution is 6.34. The Balaban J connectivity index is 2.66. The van der Waals surface area contributed by atoms with E-state index in [1.807, 2.05) is 13.0 Å². The van der Waals surface area contributed by atoms with Gasteiger partial charge >= 0.3 is 0 Å². The smallest absolute Gasteiger partial charge is 0.184 e. The minimum atomic E-state index is -0.259. The molecular weight excluding hydrogens is 92.1 g/mol. The van der Waals surface area contributed by atoms with Gasteiger partial charge in [-0.3, -0.25) is 0 Å². The summed E-state index contributed by atoms with van der Waals surface area (Å²) in [5, 5.41) is 0. The molecule has 0 aliphatic rings. The largest absolute Gasteiger partial charge is 0.422 e. The van der Waals surface area contributed by atoms with Crippen molar-refractivity contribution in [3.63, 3.8) is 0 Å². The first-order valence-corrected chi connectivity index (χ1v) is 3.41. The van der Waals surface area contributed by atoms with Crippen LogP contribution in [0.2, 0.25) is 0 Å². The molecule has 0 amide bonds. The maximum atomic E-state index is 4.83. The molecule has 0 fully saturated rings. The van der Waals surface area contributed by atoms with Gasteiger partial charge in [-0.15, -0.1) is 0 Å². The summed E-state index contributed by atoms with van der Waals surface area (Å²) in [7, 11) is 1.48. The topological polar surface area (TPSA) is 9.23 Å². The fourth-order valence-corrected chi connectivity index (χ4v) is 0.577. The molecule has 36 valence electrons. The lowest BCUT2D eigenvalue weighted by molar-refractivity contribution is 0.449. The van der Waals surface area contributed by atoms with Crippen molar-refractivity contribution in [1.82, 2.24) is 0 Å². The van der Waals surface area contributed by atoms with Crippen molar-refractivity contribution in [3.05, 3.63) is 11.8 Å². The maximum absolute atomic E-state index is 4.83. The molecule has 0 radical (unpaired) electrons. The molecule has 1 nitrogen and oxygen atoms in total. The third kappa shape index (κ3) is 3.92. The quantitative estimate of drug-likeness (QED) is 0.454. The van der Waals surface area contributed by atoms with E-state index in [9.17, 15) is 0 Å². The normalized spacial score (nSPS) is 12.3. The Morgan fingerprint density at radius 1 is 1.67 bits per heavy atom. The van der Waals surface area contributed by atoms with E-state index in [4.69, 9.17) is 4.43 Å².